The lowest BCUT2D eigenvalue weighted by atomic mass is 10.00. The third kappa shape index (κ3) is 4.38. The van der Waals surface area contributed by atoms with Crippen molar-refractivity contribution < 1.29 is 14.0 Å². The molecule has 7 nitrogen and oxygen atoms in total. The predicted octanol–water partition coefficient (Wildman–Crippen LogP) is 5.31. The Morgan fingerprint density at radius 3 is 2.73 bits per heavy atom. The number of amides is 2. The first-order valence-electron chi connectivity index (χ1n) is 11.8. The maximum absolute atomic E-state index is 15.3. The molecule has 1 aliphatic rings. The minimum atomic E-state index is -0.502. The van der Waals surface area contributed by atoms with Crippen LogP contribution < -0.4 is 5.32 Å². The van der Waals surface area contributed by atoms with Crippen LogP contribution in [0.5, 0.6) is 0 Å². The molecule has 2 amide bonds. The first-order valence-corrected chi connectivity index (χ1v) is 12.7. The van der Waals surface area contributed by atoms with Crippen molar-refractivity contribution in [2.24, 2.45) is 0 Å². The van der Waals surface area contributed by atoms with Crippen LogP contribution in [0.4, 0.5) is 15.8 Å². The summed E-state index contributed by atoms with van der Waals surface area (Å²) < 4.78 is 16.4. The van der Waals surface area contributed by atoms with Gasteiger partial charge < -0.3 is 15.1 Å². The fourth-order valence-electron chi connectivity index (χ4n) is 4.51. The van der Waals surface area contributed by atoms with Crippen molar-refractivity contribution in [1.82, 2.24) is 19.8 Å². The number of nitrogens with zero attached hydrogens (tertiary/aromatic N) is 4. The molecule has 1 aliphatic heterocycles. The lowest BCUT2D eigenvalue weighted by molar-refractivity contribution is -0.133. The van der Waals surface area contributed by atoms with Gasteiger partial charge in [0.25, 0.3) is 5.91 Å². The van der Waals surface area contributed by atoms with Crippen molar-refractivity contribution in [3.63, 3.8) is 0 Å². The van der Waals surface area contributed by atoms with Crippen molar-refractivity contribution in [2.75, 3.05) is 32.0 Å². The second kappa shape index (κ2) is 9.25. The van der Waals surface area contributed by atoms with Gasteiger partial charge in [-0.25, -0.2) is 9.37 Å². The summed E-state index contributed by atoms with van der Waals surface area (Å²) >= 11 is 1.59. The van der Waals surface area contributed by atoms with Crippen LogP contribution in [0.3, 0.4) is 0 Å². The highest BCUT2D eigenvalue weighted by atomic mass is 32.1. The largest absolute Gasteiger partial charge is 0.355 e. The van der Waals surface area contributed by atoms with E-state index < -0.39 is 5.82 Å². The third-order valence-electron chi connectivity index (χ3n) is 6.62. The summed E-state index contributed by atoms with van der Waals surface area (Å²) in [6, 6.07) is 17.9. The topological polar surface area (TPSA) is 78.4 Å². The third-order valence-corrected chi connectivity index (χ3v) is 7.43. The Kier molecular flexibility index (Phi) is 5.77. The number of hydrogen-bond acceptors (Lipinski definition) is 6. The van der Waals surface area contributed by atoms with Crippen LogP contribution in [0.1, 0.15) is 10.4 Å². The van der Waals surface area contributed by atoms with E-state index in [1.54, 1.807) is 41.6 Å². The van der Waals surface area contributed by atoms with E-state index in [1.165, 1.54) is 11.0 Å². The molecule has 3 heterocycles. The lowest BCUT2D eigenvalue weighted by Gasteiger charge is -2.32. The average Bonchev–Trinajstić information content (AvgIpc) is 3.38. The highest BCUT2D eigenvalue weighted by molar-refractivity contribution is 7.16. The molecule has 184 valence electrons. The summed E-state index contributed by atoms with van der Waals surface area (Å²) in [6.07, 6.45) is 1.73. The molecule has 1 fully saturated rings. The number of carbonyl (C=O) groups is 2. The fourth-order valence-corrected chi connectivity index (χ4v) is 5.17. The Labute approximate surface area is 216 Å². The highest BCUT2D eigenvalue weighted by Crippen LogP contribution is 2.32. The summed E-state index contributed by atoms with van der Waals surface area (Å²) in [7, 11) is 1.71. The van der Waals surface area contributed by atoms with Crippen molar-refractivity contribution in [3.8, 4) is 11.1 Å². The number of piperazine rings is 1. The number of rotatable bonds is 4. The van der Waals surface area contributed by atoms with Crippen LogP contribution >= 0.6 is 11.3 Å². The summed E-state index contributed by atoms with van der Waals surface area (Å²) in [5.41, 5.74) is 6.53. The van der Waals surface area contributed by atoms with Crippen LogP contribution in [-0.2, 0) is 4.79 Å². The zero-order chi connectivity index (χ0) is 25.5. The molecule has 0 spiro atoms. The highest BCUT2D eigenvalue weighted by Gasteiger charge is 2.26. The molecule has 9 heteroatoms. The molecule has 0 unspecified atom stereocenters. The normalized spacial score (nSPS) is 13.9. The maximum Gasteiger partial charge on any atom is 0.254 e. The summed E-state index contributed by atoms with van der Waals surface area (Å²) in [4.78, 5) is 36.7. The van der Waals surface area contributed by atoms with Gasteiger partial charge in [0.2, 0.25) is 5.91 Å². The van der Waals surface area contributed by atoms with Crippen LogP contribution in [0.15, 0.2) is 72.4 Å². The van der Waals surface area contributed by atoms with Gasteiger partial charge in [0, 0.05) is 54.2 Å². The summed E-state index contributed by atoms with van der Waals surface area (Å²) in [5.74, 6) is -0.978. The average molecular weight is 512 g/mol. The molecule has 0 aliphatic carbocycles. The van der Waals surface area contributed by atoms with E-state index in [4.69, 9.17) is 0 Å². The zero-order valence-corrected chi connectivity index (χ0v) is 20.8. The van der Waals surface area contributed by atoms with E-state index in [9.17, 15) is 9.59 Å². The van der Waals surface area contributed by atoms with E-state index in [1.807, 2.05) is 48.0 Å². The molecule has 0 saturated carbocycles. The standard InChI is InChI=1S/C28H22FN5O2S/c1-33-10-11-34(15-27(33)35)28(36)18-2-5-20(22(29)13-18)17-3-6-23-21(12-17)24(8-9-30-23)32-19-4-7-26-25(14-19)31-16-37-26/h2-9,12-14,16H,10-11,15H2,1H3,(H,30,32). The minimum absolute atomic E-state index is 0.00155. The van der Waals surface area contributed by atoms with Crippen molar-refractivity contribution in [3.05, 3.63) is 83.8 Å². The molecular formula is C28H22FN5O2S. The van der Waals surface area contributed by atoms with Crippen molar-refractivity contribution >= 4 is 55.6 Å². The number of anilines is 2. The Morgan fingerprint density at radius 1 is 1.00 bits per heavy atom. The maximum atomic E-state index is 15.3. The van der Waals surface area contributed by atoms with E-state index in [-0.39, 0.29) is 23.9 Å². The number of hydrogen-bond donors (Lipinski definition) is 1. The molecular weight excluding hydrogens is 489 g/mol. The Bertz CT molecular complexity index is 1680. The lowest BCUT2D eigenvalue weighted by Crippen LogP contribution is -2.50. The molecule has 0 atom stereocenters. The number of carbonyl (C=O) groups excluding carboxylic acids is 2. The predicted molar refractivity (Wildman–Crippen MR) is 144 cm³/mol. The Hall–Kier alpha value is -4.37. The molecule has 37 heavy (non-hydrogen) atoms. The second-order valence-corrected chi connectivity index (χ2v) is 9.87. The monoisotopic (exact) mass is 511 g/mol. The number of likely N-dealkylation sites (N-methyl/N-ethyl adjacent to an activating group) is 1. The van der Waals surface area contributed by atoms with Crippen LogP contribution in [0, 0.1) is 5.82 Å². The molecule has 5 aromatic rings. The number of aromatic nitrogens is 2. The van der Waals surface area contributed by atoms with E-state index in [0.29, 0.717) is 24.2 Å². The Morgan fingerprint density at radius 2 is 1.89 bits per heavy atom. The number of nitrogens with one attached hydrogen (secondary N) is 1. The van der Waals surface area contributed by atoms with Gasteiger partial charge in [-0.15, -0.1) is 11.3 Å². The zero-order valence-electron chi connectivity index (χ0n) is 19.9. The second-order valence-electron chi connectivity index (χ2n) is 8.99. The number of fused-ring (bicyclic) bond motifs is 2. The SMILES string of the molecule is CN1CCN(C(=O)c2ccc(-c3ccc4nccc(Nc5ccc6scnc6c5)c4c3)c(F)c2)CC1=O. The first-order chi connectivity index (χ1) is 18.0. The van der Waals surface area contributed by atoms with Gasteiger partial charge in [-0.3, -0.25) is 14.6 Å². The molecule has 0 radical (unpaired) electrons. The fraction of sp³-hybridized carbons (Fsp3) is 0.143. The molecule has 2 aromatic heterocycles. The van der Waals surface area contributed by atoms with Crippen molar-refractivity contribution in [2.45, 2.75) is 0 Å². The van der Waals surface area contributed by atoms with Gasteiger partial charge in [0.1, 0.15) is 12.4 Å². The first kappa shape index (κ1) is 23.1. The molecule has 3 aromatic carbocycles. The number of halogens is 1. The van der Waals surface area contributed by atoms with Crippen LogP contribution in [0.25, 0.3) is 32.2 Å². The van der Waals surface area contributed by atoms with E-state index in [2.05, 4.69) is 15.3 Å². The summed E-state index contributed by atoms with van der Waals surface area (Å²) in [5, 5.41) is 4.28. The van der Waals surface area contributed by atoms with E-state index >= 15 is 4.39 Å². The smallest absolute Gasteiger partial charge is 0.254 e. The van der Waals surface area contributed by atoms with Crippen LogP contribution in [0.2, 0.25) is 0 Å². The Balaban J connectivity index is 1.30. The summed E-state index contributed by atoms with van der Waals surface area (Å²) in [6.45, 7) is 0.888. The minimum Gasteiger partial charge on any atom is -0.355 e. The van der Waals surface area contributed by atoms with Crippen LogP contribution in [-0.4, -0.2) is 58.3 Å². The van der Waals surface area contributed by atoms with Gasteiger partial charge in [-0.05, 0) is 54.1 Å². The van der Waals surface area contributed by atoms with Crippen molar-refractivity contribution in [1.29, 1.82) is 0 Å². The van der Waals surface area contributed by atoms with Gasteiger partial charge in [-0.2, -0.15) is 0 Å². The molecule has 1 N–H and O–H groups in total. The van der Waals surface area contributed by atoms with Gasteiger partial charge in [0.15, 0.2) is 0 Å². The molecule has 1 saturated heterocycles. The quantitative estimate of drug-likeness (QED) is 0.354. The molecule has 0 bridgehead atoms. The van der Waals surface area contributed by atoms with Gasteiger partial charge in [0.05, 0.1) is 21.2 Å². The van der Waals surface area contributed by atoms with Gasteiger partial charge >= 0.3 is 0 Å². The van der Waals surface area contributed by atoms with Gasteiger partial charge in [-0.1, -0.05) is 12.1 Å². The number of pyridine rings is 1. The van der Waals surface area contributed by atoms with E-state index in [0.717, 1.165) is 32.5 Å². The molecule has 6 rings (SSSR count). The number of thiazole rings is 1. The number of benzene rings is 3.